The lowest BCUT2D eigenvalue weighted by Crippen LogP contribution is -2.43. The molecule has 0 saturated heterocycles. The van der Waals surface area contributed by atoms with Gasteiger partial charge in [0.1, 0.15) is 18.3 Å². The zero-order valence-electron chi connectivity index (χ0n) is 16.0. The molecule has 9 heteroatoms. The minimum atomic E-state index is -0.353. The Morgan fingerprint density at radius 3 is 2.74 bits per heavy atom. The van der Waals surface area contributed by atoms with Crippen molar-refractivity contribution in [1.29, 1.82) is 0 Å². The van der Waals surface area contributed by atoms with Crippen LogP contribution in [0.5, 0.6) is 5.75 Å². The van der Waals surface area contributed by atoms with Crippen molar-refractivity contribution in [3.05, 3.63) is 42.2 Å². The number of nitrogens with one attached hydrogen (secondary N) is 2. The van der Waals surface area contributed by atoms with Crippen molar-refractivity contribution in [1.82, 2.24) is 25.4 Å². The summed E-state index contributed by atoms with van der Waals surface area (Å²) in [5.41, 5.74) is 0. The Morgan fingerprint density at radius 1 is 1.30 bits per heavy atom. The standard InChI is InChI=1S/C18H27FN6O.HI/c1-4-14(26-16-9-7-6-8-15(16)19)12-22-18(20-3)21-10-11-25-13-23-24-17(25)5-2;/h6-9,13-14H,4-5,10-12H2,1-3H3,(H2,20,21,22);1H. The molecule has 0 aliphatic rings. The number of guanidine groups is 1. The maximum Gasteiger partial charge on any atom is 0.191 e. The maximum atomic E-state index is 13.7. The monoisotopic (exact) mass is 490 g/mol. The molecule has 1 aromatic heterocycles. The molecule has 2 N–H and O–H groups in total. The average molecular weight is 490 g/mol. The third-order valence-corrected chi connectivity index (χ3v) is 3.96. The highest BCUT2D eigenvalue weighted by Gasteiger charge is 2.12. The third-order valence-electron chi connectivity index (χ3n) is 3.96. The fourth-order valence-electron chi connectivity index (χ4n) is 2.45. The lowest BCUT2D eigenvalue weighted by molar-refractivity contribution is 0.191. The minimum Gasteiger partial charge on any atom is -0.486 e. The predicted molar refractivity (Wildman–Crippen MR) is 115 cm³/mol. The van der Waals surface area contributed by atoms with Crippen molar-refractivity contribution < 1.29 is 9.13 Å². The minimum absolute atomic E-state index is 0. The fraction of sp³-hybridized carbons (Fsp3) is 0.500. The van der Waals surface area contributed by atoms with Gasteiger partial charge < -0.3 is 19.9 Å². The van der Waals surface area contributed by atoms with Gasteiger partial charge in [-0.05, 0) is 18.6 Å². The van der Waals surface area contributed by atoms with E-state index in [-0.39, 0.29) is 41.6 Å². The number of aliphatic imine (C=N–C) groups is 1. The second kappa shape index (κ2) is 12.5. The number of aromatic nitrogens is 3. The van der Waals surface area contributed by atoms with Crippen LogP contribution in [0.15, 0.2) is 35.6 Å². The number of hydrogen-bond acceptors (Lipinski definition) is 4. The molecule has 0 fully saturated rings. The highest BCUT2D eigenvalue weighted by Crippen LogP contribution is 2.17. The first-order valence-electron chi connectivity index (χ1n) is 8.90. The van der Waals surface area contributed by atoms with Gasteiger partial charge in [-0.2, -0.15) is 0 Å². The van der Waals surface area contributed by atoms with Gasteiger partial charge >= 0.3 is 0 Å². The topological polar surface area (TPSA) is 76.4 Å². The van der Waals surface area contributed by atoms with E-state index in [1.54, 1.807) is 31.6 Å². The van der Waals surface area contributed by atoms with E-state index in [2.05, 4.69) is 32.7 Å². The van der Waals surface area contributed by atoms with E-state index in [0.717, 1.165) is 25.2 Å². The van der Waals surface area contributed by atoms with Gasteiger partial charge in [-0.25, -0.2) is 4.39 Å². The van der Waals surface area contributed by atoms with E-state index in [1.165, 1.54) is 6.07 Å². The van der Waals surface area contributed by atoms with Crippen molar-refractivity contribution in [2.45, 2.75) is 39.3 Å². The molecule has 2 rings (SSSR count). The maximum absolute atomic E-state index is 13.7. The molecule has 0 amide bonds. The SMILES string of the molecule is CCc1nncn1CCNC(=NC)NCC(CC)Oc1ccccc1F.I. The number of ether oxygens (including phenoxy) is 1. The van der Waals surface area contributed by atoms with Crippen molar-refractivity contribution in [3.63, 3.8) is 0 Å². The number of halogens is 2. The van der Waals surface area contributed by atoms with Crippen LogP contribution in [0.2, 0.25) is 0 Å². The summed E-state index contributed by atoms with van der Waals surface area (Å²) in [6.07, 6.45) is 3.17. The van der Waals surface area contributed by atoms with Crippen LogP contribution in [0, 0.1) is 5.82 Å². The summed E-state index contributed by atoms with van der Waals surface area (Å²) in [5.74, 6) is 1.55. The number of rotatable bonds is 9. The predicted octanol–water partition coefficient (Wildman–Crippen LogP) is 2.62. The van der Waals surface area contributed by atoms with Crippen LogP contribution in [-0.4, -0.2) is 47.0 Å². The first kappa shape index (κ1) is 23.1. The lowest BCUT2D eigenvalue weighted by Gasteiger charge is -2.20. The van der Waals surface area contributed by atoms with Gasteiger partial charge in [0.05, 0.1) is 6.54 Å². The van der Waals surface area contributed by atoms with Crippen molar-refractivity contribution in [2.75, 3.05) is 20.1 Å². The highest BCUT2D eigenvalue weighted by atomic mass is 127. The van der Waals surface area contributed by atoms with Crippen LogP contribution in [0.25, 0.3) is 0 Å². The smallest absolute Gasteiger partial charge is 0.191 e. The molecule has 0 saturated carbocycles. The molecule has 0 aliphatic carbocycles. The third kappa shape index (κ3) is 7.31. The van der Waals surface area contributed by atoms with Crippen LogP contribution < -0.4 is 15.4 Å². The largest absolute Gasteiger partial charge is 0.486 e. The fourth-order valence-corrected chi connectivity index (χ4v) is 2.45. The summed E-state index contributed by atoms with van der Waals surface area (Å²) >= 11 is 0. The summed E-state index contributed by atoms with van der Waals surface area (Å²) < 4.78 is 21.5. The van der Waals surface area contributed by atoms with E-state index in [4.69, 9.17) is 4.74 Å². The van der Waals surface area contributed by atoms with E-state index in [9.17, 15) is 4.39 Å². The zero-order valence-corrected chi connectivity index (χ0v) is 18.3. The Kier molecular flexibility index (Phi) is 10.7. The van der Waals surface area contributed by atoms with Gasteiger partial charge in [-0.3, -0.25) is 4.99 Å². The van der Waals surface area contributed by atoms with Gasteiger partial charge in [0.15, 0.2) is 17.5 Å². The Labute approximate surface area is 176 Å². The molecule has 1 atom stereocenters. The van der Waals surface area contributed by atoms with Crippen LogP contribution in [0.1, 0.15) is 26.1 Å². The molecule has 2 aromatic rings. The van der Waals surface area contributed by atoms with Crippen molar-refractivity contribution in [3.8, 4) is 5.75 Å². The van der Waals surface area contributed by atoms with E-state index in [0.29, 0.717) is 19.0 Å². The van der Waals surface area contributed by atoms with Crippen LogP contribution in [0.4, 0.5) is 4.39 Å². The molecule has 0 spiro atoms. The molecule has 0 aliphatic heterocycles. The van der Waals surface area contributed by atoms with Crippen LogP contribution in [0.3, 0.4) is 0 Å². The Balaban J connectivity index is 0.00000364. The first-order chi connectivity index (χ1) is 12.7. The average Bonchev–Trinajstić information content (AvgIpc) is 3.12. The second-order valence-corrected chi connectivity index (χ2v) is 5.75. The summed E-state index contributed by atoms with van der Waals surface area (Å²) in [4.78, 5) is 4.20. The molecule has 0 radical (unpaired) electrons. The van der Waals surface area contributed by atoms with Gasteiger partial charge in [0.2, 0.25) is 0 Å². The van der Waals surface area contributed by atoms with Gasteiger partial charge in [-0.1, -0.05) is 26.0 Å². The number of nitrogens with zero attached hydrogens (tertiary/aromatic N) is 4. The van der Waals surface area contributed by atoms with Crippen molar-refractivity contribution >= 4 is 29.9 Å². The molecule has 27 heavy (non-hydrogen) atoms. The second-order valence-electron chi connectivity index (χ2n) is 5.75. The number of para-hydroxylation sites is 1. The molecule has 150 valence electrons. The normalized spacial score (nSPS) is 12.2. The van der Waals surface area contributed by atoms with Crippen molar-refractivity contribution in [2.24, 2.45) is 4.99 Å². The molecule has 7 nitrogen and oxygen atoms in total. The Hall–Kier alpha value is -1.91. The number of benzene rings is 1. The molecular weight excluding hydrogens is 462 g/mol. The summed E-state index contributed by atoms with van der Waals surface area (Å²) in [6.45, 7) is 6.02. The van der Waals surface area contributed by atoms with E-state index >= 15 is 0 Å². The van der Waals surface area contributed by atoms with Gasteiger partial charge in [0, 0.05) is 26.6 Å². The zero-order chi connectivity index (χ0) is 18.8. The quantitative estimate of drug-likeness (QED) is 0.321. The molecule has 0 bridgehead atoms. The Morgan fingerprint density at radius 2 is 2.07 bits per heavy atom. The number of hydrogen-bond donors (Lipinski definition) is 2. The summed E-state index contributed by atoms with van der Waals surface area (Å²) in [6, 6.07) is 6.43. The molecular formula is C18H28FIN6O. The first-order valence-corrected chi connectivity index (χ1v) is 8.90. The molecule has 1 unspecified atom stereocenters. The molecule has 1 heterocycles. The van der Waals surface area contributed by atoms with Crippen LogP contribution in [-0.2, 0) is 13.0 Å². The van der Waals surface area contributed by atoms with E-state index < -0.39 is 0 Å². The summed E-state index contributed by atoms with van der Waals surface area (Å²) in [7, 11) is 1.71. The van der Waals surface area contributed by atoms with Crippen LogP contribution >= 0.6 is 24.0 Å². The molecule has 1 aromatic carbocycles. The van der Waals surface area contributed by atoms with Gasteiger partial charge in [0.25, 0.3) is 0 Å². The lowest BCUT2D eigenvalue weighted by atomic mass is 10.2. The van der Waals surface area contributed by atoms with E-state index in [1.807, 2.05) is 11.5 Å². The van der Waals surface area contributed by atoms with Gasteiger partial charge in [-0.15, -0.1) is 34.2 Å². The highest BCUT2D eigenvalue weighted by molar-refractivity contribution is 14.0. The number of aryl methyl sites for hydroxylation is 1. The summed E-state index contributed by atoms with van der Waals surface area (Å²) in [5, 5.41) is 14.4. The Bertz CT molecular complexity index is 709.